The summed E-state index contributed by atoms with van der Waals surface area (Å²) in [7, 11) is 0. The van der Waals surface area contributed by atoms with E-state index in [1.807, 2.05) is 30.3 Å². The average Bonchev–Trinajstić information content (AvgIpc) is 2.60. The number of rotatable bonds is 4. The summed E-state index contributed by atoms with van der Waals surface area (Å²) in [6.45, 7) is 4.09. The highest BCUT2D eigenvalue weighted by atomic mass is 19.1. The number of nitrogens with one attached hydrogen (secondary N) is 1. The van der Waals surface area contributed by atoms with E-state index < -0.39 is 0 Å². The number of benzene rings is 2. The minimum absolute atomic E-state index is 0.0673. The second-order valence-corrected chi connectivity index (χ2v) is 6.53. The number of hydrogen-bond acceptors (Lipinski definition) is 2. The first-order valence-corrected chi connectivity index (χ1v) is 8.49. The van der Waals surface area contributed by atoms with Crippen molar-refractivity contribution in [3.63, 3.8) is 0 Å². The minimum Gasteiger partial charge on any atom is -0.324 e. The molecule has 0 bridgehead atoms. The lowest BCUT2D eigenvalue weighted by atomic mass is 9.95. The van der Waals surface area contributed by atoms with Gasteiger partial charge in [0.05, 0.1) is 0 Å². The molecule has 2 aromatic carbocycles. The normalized spacial score (nSPS) is 17.4. The molecule has 4 heteroatoms. The molecule has 0 spiro atoms. The molecule has 1 fully saturated rings. The van der Waals surface area contributed by atoms with Crippen LogP contribution in [-0.2, 0) is 4.79 Å². The van der Waals surface area contributed by atoms with Crippen LogP contribution in [0.3, 0.4) is 0 Å². The molecule has 24 heavy (non-hydrogen) atoms. The molecule has 2 aromatic rings. The van der Waals surface area contributed by atoms with Crippen molar-refractivity contribution in [1.82, 2.24) is 4.90 Å². The van der Waals surface area contributed by atoms with E-state index in [-0.39, 0.29) is 17.8 Å². The zero-order valence-corrected chi connectivity index (χ0v) is 13.9. The van der Waals surface area contributed by atoms with Crippen molar-refractivity contribution in [2.24, 2.45) is 5.92 Å². The summed E-state index contributed by atoms with van der Waals surface area (Å²) in [6, 6.07) is 15.4. The highest BCUT2D eigenvalue weighted by Gasteiger charge is 2.30. The zero-order valence-electron chi connectivity index (χ0n) is 13.9. The summed E-state index contributed by atoms with van der Waals surface area (Å²) in [5.41, 5.74) is 1.61. The Morgan fingerprint density at radius 1 is 1.08 bits per heavy atom. The van der Waals surface area contributed by atoms with Crippen molar-refractivity contribution in [2.45, 2.75) is 25.8 Å². The number of carbonyl (C=O) groups is 1. The van der Waals surface area contributed by atoms with Crippen molar-refractivity contribution in [1.29, 1.82) is 0 Å². The Hall–Kier alpha value is -2.20. The van der Waals surface area contributed by atoms with Gasteiger partial charge in [-0.05, 0) is 61.7 Å². The Bertz CT molecular complexity index is 664. The van der Waals surface area contributed by atoms with Gasteiger partial charge in [0.25, 0.3) is 0 Å². The van der Waals surface area contributed by atoms with Gasteiger partial charge in [0.15, 0.2) is 0 Å². The first-order valence-electron chi connectivity index (χ1n) is 8.49. The number of likely N-dealkylation sites (tertiary alicyclic amines) is 1. The number of carbonyl (C=O) groups excluding carboxylic acids is 1. The molecule has 1 atom stereocenters. The van der Waals surface area contributed by atoms with Crippen molar-refractivity contribution < 1.29 is 9.18 Å². The maximum Gasteiger partial charge on any atom is 0.246 e. The Balaban J connectivity index is 1.81. The molecule has 3 nitrogen and oxygen atoms in total. The Kier molecular flexibility index (Phi) is 5.26. The maximum atomic E-state index is 13.1. The van der Waals surface area contributed by atoms with Crippen molar-refractivity contribution in [2.75, 3.05) is 18.4 Å². The Morgan fingerprint density at radius 3 is 2.33 bits per heavy atom. The van der Waals surface area contributed by atoms with Crippen LogP contribution in [0, 0.1) is 11.7 Å². The van der Waals surface area contributed by atoms with Gasteiger partial charge in [0.1, 0.15) is 11.9 Å². The van der Waals surface area contributed by atoms with Gasteiger partial charge in [-0.25, -0.2) is 4.39 Å². The lowest BCUT2D eigenvalue weighted by Crippen LogP contribution is -2.41. The fourth-order valence-electron chi connectivity index (χ4n) is 3.19. The molecule has 3 rings (SSSR count). The van der Waals surface area contributed by atoms with Crippen molar-refractivity contribution >= 4 is 11.6 Å². The summed E-state index contributed by atoms with van der Waals surface area (Å²) < 4.78 is 13.1. The Labute approximate surface area is 142 Å². The molecule has 1 saturated heterocycles. The highest BCUT2D eigenvalue weighted by molar-refractivity contribution is 5.95. The molecule has 1 aliphatic heterocycles. The van der Waals surface area contributed by atoms with Crippen LogP contribution in [-0.4, -0.2) is 23.9 Å². The second kappa shape index (κ2) is 7.58. The standard InChI is InChI=1S/C20H23FN2O/c1-15-11-13-23(14-12-15)19(16-5-3-2-4-6-16)20(24)22-18-9-7-17(21)8-10-18/h2-10,15,19H,11-14H2,1H3,(H,22,24). The molecule has 1 heterocycles. The number of anilines is 1. The topological polar surface area (TPSA) is 32.3 Å². The lowest BCUT2D eigenvalue weighted by molar-refractivity contribution is -0.122. The van der Waals surface area contributed by atoms with Gasteiger partial charge in [0, 0.05) is 5.69 Å². The summed E-state index contributed by atoms with van der Waals surface area (Å²) in [6.07, 6.45) is 2.21. The predicted octanol–water partition coefficient (Wildman–Crippen LogP) is 4.24. The minimum atomic E-state index is -0.316. The van der Waals surface area contributed by atoms with Crippen molar-refractivity contribution in [3.8, 4) is 0 Å². The summed E-state index contributed by atoms with van der Waals surface area (Å²) >= 11 is 0. The molecular weight excluding hydrogens is 303 g/mol. The maximum absolute atomic E-state index is 13.1. The molecule has 0 aliphatic carbocycles. The average molecular weight is 326 g/mol. The summed E-state index contributed by atoms with van der Waals surface area (Å²) in [5.74, 6) is 0.331. The third kappa shape index (κ3) is 4.01. The van der Waals surface area contributed by atoms with Gasteiger partial charge >= 0.3 is 0 Å². The number of amides is 1. The van der Waals surface area contributed by atoms with Crippen LogP contribution in [0.4, 0.5) is 10.1 Å². The van der Waals surface area contributed by atoms with E-state index in [0.717, 1.165) is 31.5 Å². The largest absolute Gasteiger partial charge is 0.324 e. The molecule has 1 N–H and O–H groups in total. The van der Waals surface area contributed by atoms with Crippen LogP contribution in [0.25, 0.3) is 0 Å². The number of halogens is 1. The molecule has 1 amide bonds. The van der Waals surface area contributed by atoms with Gasteiger partial charge in [-0.3, -0.25) is 9.69 Å². The molecule has 0 aromatic heterocycles. The summed E-state index contributed by atoms with van der Waals surface area (Å²) in [5, 5.41) is 2.93. The van der Waals surface area contributed by atoms with E-state index in [1.54, 1.807) is 12.1 Å². The van der Waals surface area contributed by atoms with Crippen LogP contribution in [0.5, 0.6) is 0 Å². The fraction of sp³-hybridized carbons (Fsp3) is 0.350. The summed E-state index contributed by atoms with van der Waals surface area (Å²) in [4.78, 5) is 15.2. The third-order valence-corrected chi connectivity index (χ3v) is 4.66. The van der Waals surface area contributed by atoms with E-state index >= 15 is 0 Å². The van der Waals surface area contributed by atoms with E-state index in [2.05, 4.69) is 17.1 Å². The third-order valence-electron chi connectivity index (χ3n) is 4.66. The van der Waals surface area contributed by atoms with E-state index in [1.165, 1.54) is 12.1 Å². The van der Waals surface area contributed by atoms with E-state index in [9.17, 15) is 9.18 Å². The monoisotopic (exact) mass is 326 g/mol. The molecule has 0 saturated carbocycles. The smallest absolute Gasteiger partial charge is 0.246 e. The molecule has 1 unspecified atom stereocenters. The first kappa shape index (κ1) is 16.7. The number of nitrogens with zero attached hydrogens (tertiary/aromatic N) is 1. The van der Waals surface area contributed by atoms with Crippen LogP contribution in [0.2, 0.25) is 0 Å². The van der Waals surface area contributed by atoms with Gasteiger partial charge in [-0.15, -0.1) is 0 Å². The lowest BCUT2D eigenvalue weighted by Gasteiger charge is -2.36. The number of hydrogen-bond donors (Lipinski definition) is 1. The molecule has 0 radical (unpaired) electrons. The quantitative estimate of drug-likeness (QED) is 0.911. The predicted molar refractivity (Wildman–Crippen MR) is 94.2 cm³/mol. The molecule has 126 valence electrons. The fourth-order valence-corrected chi connectivity index (χ4v) is 3.19. The first-order chi connectivity index (χ1) is 11.6. The second-order valence-electron chi connectivity index (χ2n) is 6.53. The van der Waals surface area contributed by atoms with Crippen LogP contribution >= 0.6 is 0 Å². The van der Waals surface area contributed by atoms with Gasteiger partial charge in [-0.2, -0.15) is 0 Å². The van der Waals surface area contributed by atoms with Crippen molar-refractivity contribution in [3.05, 3.63) is 66.0 Å². The van der Waals surface area contributed by atoms with Crippen LogP contribution < -0.4 is 5.32 Å². The zero-order chi connectivity index (χ0) is 16.9. The highest BCUT2D eigenvalue weighted by Crippen LogP contribution is 2.28. The van der Waals surface area contributed by atoms with Gasteiger partial charge in [0.2, 0.25) is 5.91 Å². The van der Waals surface area contributed by atoms with E-state index in [4.69, 9.17) is 0 Å². The molecule has 1 aliphatic rings. The Morgan fingerprint density at radius 2 is 1.71 bits per heavy atom. The van der Waals surface area contributed by atoms with E-state index in [0.29, 0.717) is 11.6 Å². The van der Waals surface area contributed by atoms with Gasteiger partial charge < -0.3 is 5.32 Å². The number of piperidine rings is 1. The van der Waals surface area contributed by atoms with Crippen LogP contribution in [0.15, 0.2) is 54.6 Å². The SMILES string of the molecule is CC1CCN(C(C(=O)Nc2ccc(F)cc2)c2ccccc2)CC1. The molecular formula is C20H23FN2O. The van der Waals surface area contributed by atoms with Crippen LogP contribution in [0.1, 0.15) is 31.4 Å². The van der Waals surface area contributed by atoms with Gasteiger partial charge in [-0.1, -0.05) is 37.3 Å².